The molecule has 192 valence electrons. The van der Waals surface area contributed by atoms with Crippen LogP contribution in [0.3, 0.4) is 0 Å². The first-order valence-electron chi connectivity index (χ1n) is 12.2. The molecule has 0 bridgehead atoms. The van der Waals surface area contributed by atoms with Crippen molar-refractivity contribution < 1.29 is 33.9 Å². The lowest BCUT2D eigenvalue weighted by Crippen LogP contribution is -2.57. The molecule has 0 saturated carbocycles. The summed E-state index contributed by atoms with van der Waals surface area (Å²) in [5, 5.41) is 19.1. The third kappa shape index (κ3) is 7.94. The Morgan fingerprint density at radius 3 is 1.64 bits per heavy atom. The zero-order valence-electron chi connectivity index (χ0n) is 20.2. The molecule has 0 radical (unpaired) electrons. The second kappa shape index (κ2) is 14.2. The Morgan fingerprint density at radius 1 is 0.667 bits per heavy atom. The molecule has 36 heavy (non-hydrogen) atoms. The zero-order chi connectivity index (χ0) is 25.0. The smallest absolute Gasteiger partial charge is 0.186 e. The highest BCUT2D eigenvalue weighted by molar-refractivity contribution is 5.15. The first kappa shape index (κ1) is 26.4. The van der Waals surface area contributed by atoms with Crippen LogP contribution in [0.4, 0.5) is 0 Å². The molecule has 0 aromatic heterocycles. The highest BCUT2D eigenvalue weighted by Gasteiger charge is 2.44. The number of hydrogen-bond donors (Lipinski definition) is 2. The molecular formula is C29H34O7. The van der Waals surface area contributed by atoms with Crippen LogP contribution in [0.25, 0.3) is 0 Å². The molecule has 7 nitrogen and oxygen atoms in total. The van der Waals surface area contributed by atoms with E-state index in [-0.39, 0.29) is 13.2 Å². The molecule has 0 aliphatic carbocycles. The van der Waals surface area contributed by atoms with E-state index in [1.807, 2.05) is 91.0 Å². The number of aliphatic hydroxyl groups excluding tert-OH is 2. The number of benzene rings is 3. The Kier molecular flexibility index (Phi) is 10.4. The predicted octanol–water partition coefficient (Wildman–Crippen LogP) is 3.47. The average molecular weight is 495 g/mol. The van der Waals surface area contributed by atoms with Crippen molar-refractivity contribution in [2.45, 2.75) is 50.5 Å². The van der Waals surface area contributed by atoms with E-state index in [1.165, 1.54) is 0 Å². The van der Waals surface area contributed by atoms with Gasteiger partial charge in [-0.25, -0.2) is 0 Å². The van der Waals surface area contributed by atoms with E-state index in [0.29, 0.717) is 19.8 Å². The molecule has 0 unspecified atom stereocenters. The Labute approximate surface area is 212 Å². The van der Waals surface area contributed by atoms with Crippen LogP contribution < -0.4 is 0 Å². The van der Waals surface area contributed by atoms with Gasteiger partial charge < -0.3 is 33.9 Å². The van der Waals surface area contributed by atoms with Gasteiger partial charge in [0.15, 0.2) is 6.29 Å². The second-order valence-electron chi connectivity index (χ2n) is 8.73. The van der Waals surface area contributed by atoms with Gasteiger partial charge in [-0.15, -0.1) is 0 Å². The topological polar surface area (TPSA) is 86.6 Å². The van der Waals surface area contributed by atoms with E-state index >= 15 is 0 Å². The summed E-state index contributed by atoms with van der Waals surface area (Å²) in [6.07, 6.45) is -3.35. The minimum atomic E-state index is -1.01. The molecule has 1 aliphatic heterocycles. The van der Waals surface area contributed by atoms with E-state index in [0.717, 1.165) is 16.7 Å². The van der Waals surface area contributed by atoms with Gasteiger partial charge in [-0.2, -0.15) is 0 Å². The van der Waals surface area contributed by atoms with Crippen LogP contribution in [-0.2, 0) is 43.5 Å². The van der Waals surface area contributed by atoms with Crippen molar-refractivity contribution in [1.29, 1.82) is 0 Å². The van der Waals surface area contributed by atoms with Gasteiger partial charge in [0.1, 0.15) is 24.4 Å². The average Bonchev–Trinajstić information content (AvgIpc) is 2.94. The van der Waals surface area contributed by atoms with E-state index in [1.54, 1.807) is 0 Å². The number of aliphatic hydroxyl groups is 2. The molecule has 1 aliphatic rings. The first-order valence-corrected chi connectivity index (χ1v) is 12.2. The molecule has 4 rings (SSSR count). The van der Waals surface area contributed by atoms with E-state index in [4.69, 9.17) is 23.7 Å². The van der Waals surface area contributed by atoms with E-state index in [2.05, 4.69) is 0 Å². The van der Waals surface area contributed by atoms with Crippen molar-refractivity contribution in [1.82, 2.24) is 0 Å². The van der Waals surface area contributed by atoms with Crippen molar-refractivity contribution in [3.8, 4) is 0 Å². The van der Waals surface area contributed by atoms with Gasteiger partial charge in [-0.3, -0.25) is 0 Å². The summed E-state index contributed by atoms with van der Waals surface area (Å²) < 4.78 is 30.9. The van der Waals surface area contributed by atoms with Crippen LogP contribution >= 0.6 is 0 Å². The fourth-order valence-corrected chi connectivity index (χ4v) is 3.98. The van der Waals surface area contributed by atoms with Gasteiger partial charge in [0.2, 0.25) is 0 Å². The van der Waals surface area contributed by atoms with Crippen LogP contribution in [0.15, 0.2) is 91.0 Å². The molecule has 1 heterocycles. The summed E-state index contributed by atoms with van der Waals surface area (Å²) in [7, 11) is 0. The largest absolute Gasteiger partial charge is 0.394 e. The van der Waals surface area contributed by atoms with Gasteiger partial charge in [0.25, 0.3) is 0 Å². The molecule has 0 amide bonds. The maximum Gasteiger partial charge on any atom is 0.186 e. The minimum Gasteiger partial charge on any atom is -0.394 e. The number of ether oxygens (including phenoxy) is 5. The SMILES string of the molecule is OC[C@@H](O)CO[C@H]1OC[C@@H](OCc2ccccc2)[C@H](OCc2ccccc2)[C@H]1OCc1ccccc1. The maximum absolute atomic E-state index is 9.84. The first-order chi connectivity index (χ1) is 17.7. The summed E-state index contributed by atoms with van der Waals surface area (Å²) in [4.78, 5) is 0. The second-order valence-corrected chi connectivity index (χ2v) is 8.73. The summed E-state index contributed by atoms with van der Waals surface area (Å²) in [6.45, 7) is 0.839. The normalized spacial score (nSPS) is 22.8. The third-order valence-corrected chi connectivity index (χ3v) is 5.92. The van der Waals surface area contributed by atoms with Gasteiger partial charge in [0, 0.05) is 0 Å². The van der Waals surface area contributed by atoms with Crippen molar-refractivity contribution in [3.63, 3.8) is 0 Å². The summed E-state index contributed by atoms with van der Waals surface area (Å²) in [6, 6.07) is 29.7. The van der Waals surface area contributed by atoms with E-state index in [9.17, 15) is 10.2 Å². The molecule has 5 atom stereocenters. The van der Waals surface area contributed by atoms with Gasteiger partial charge in [-0.1, -0.05) is 91.0 Å². The summed E-state index contributed by atoms with van der Waals surface area (Å²) in [5.74, 6) is 0. The number of rotatable bonds is 13. The van der Waals surface area contributed by atoms with Crippen LogP contribution in [-0.4, -0.2) is 60.7 Å². The maximum atomic E-state index is 9.84. The third-order valence-electron chi connectivity index (χ3n) is 5.92. The van der Waals surface area contributed by atoms with Crippen molar-refractivity contribution in [3.05, 3.63) is 108 Å². The Balaban J connectivity index is 1.52. The van der Waals surface area contributed by atoms with Crippen LogP contribution in [0.2, 0.25) is 0 Å². The fraction of sp³-hybridized carbons (Fsp3) is 0.379. The van der Waals surface area contributed by atoms with Gasteiger partial charge in [0.05, 0.1) is 39.6 Å². The fourth-order valence-electron chi connectivity index (χ4n) is 3.98. The molecule has 2 N–H and O–H groups in total. The quantitative estimate of drug-likeness (QED) is 0.376. The molecule has 1 saturated heterocycles. The Morgan fingerprint density at radius 2 is 1.14 bits per heavy atom. The van der Waals surface area contributed by atoms with E-state index < -0.39 is 37.3 Å². The molecule has 3 aromatic carbocycles. The molecule has 3 aromatic rings. The van der Waals surface area contributed by atoms with Crippen LogP contribution in [0.5, 0.6) is 0 Å². The van der Waals surface area contributed by atoms with Crippen molar-refractivity contribution >= 4 is 0 Å². The highest BCUT2D eigenvalue weighted by atomic mass is 16.7. The number of hydrogen-bond acceptors (Lipinski definition) is 7. The minimum absolute atomic E-state index is 0.0900. The summed E-state index contributed by atoms with van der Waals surface area (Å²) in [5.41, 5.74) is 3.08. The Bertz CT molecular complexity index is 986. The van der Waals surface area contributed by atoms with Crippen LogP contribution in [0, 0.1) is 0 Å². The standard InChI is InChI=1S/C29H34O7/c30-16-25(31)20-35-29-28(34-19-24-14-8-3-9-15-24)27(33-18-23-12-6-2-7-13-23)26(21-36-29)32-17-22-10-4-1-5-11-22/h1-15,25-31H,16-21H2/t25-,26-,27+,28-,29+/m1/s1. The molecular weight excluding hydrogens is 460 g/mol. The Hall–Kier alpha value is -2.62. The van der Waals surface area contributed by atoms with Gasteiger partial charge >= 0.3 is 0 Å². The van der Waals surface area contributed by atoms with Gasteiger partial charge in [-0.05, 0) is 16.7 Å². The monoisotopic (exact) mass is 494 g/mol. The highest BCUT2D eigenvalue weighted by Crippen LogP contribution is 2.27. The lowest BCUT2D eigenvalue weighted by atomic mass is 10.0. The molecule has 0 spiro atoms. The molecule has 7 heteroatoms. The molecule has 1 fully saturated rings. The van der Waals surface area contributed by atoms with Crippen molar-refractivity contribution in [2.75, 3.05) is 19.8 Å². The predicted molar refractivity (Wildman–Crippen MR) is 134 cm³/mol. The summed E-state index contributed by atoms with van der Waals surface area (Å²) >= 11 is 0. The van der Waals surface area contributed by atoms with Crippen molar-refractivity contribution in [2.24, 2.45) is 0 Å². The van der Waals surface area contributed by atoms with Crippen LogP contribution in [0.1, 0.15) is 16.7 Å². The lowest BCUT2D eigenvalue weighted by Gasteiger charge is -2.42. The lowest BCUT2D eigenvalue weighted by molar-refractivity contribution is -0.303. The zero-order valence-corrected chi connectivity index (χ0v) is 20.2.